The summed E-state index contributed by atoms with van der Waals surface area (Å²) in [4.78, 5) is 29.7. The molecule has 5 nitrogen and oxygen atoms in total. The third-order valence-corrected chi connectivity index (χ3v) is 2.92. The second-order valence-corrected chi connectivity index (χ2v) is 5.89. The van der Waals surface area contributed by atoms with Gasteiger partial charge in [-0.1, -0.05) is 26.8 Å². The van der Waals surface area contributed by atoms with Crippen LogP contribution in [-0.4, -0.2) is 34.9 Å². The number of aromatic nitrogens is 1. The van der Waals surface area contributed by atoms with Gasteiger partial charge in [0.25, 0.3) is 0 Å². The van der Waals surface area contributed by atoms with Crippen LogP contribution >= 0.6 is 0 Å². The van der Waals surface area contributed by atoms with Gasteiger partial charge in [-0.2, -0.15) is 0 Å². The first-order chi connectivity index (χ1) is 9.84. The predicted molar refractivity (Wildman–Crippen MR) is 80.4 cm³/mol. The van der Waals surface area contributed by atoms with Crippen molar-refractivity contribution in [3.05, 3.63) is 30.1 Å². The number of ether oxygens (including phenoxy) is 1. The van der Waals surface area contributed by atoms with Gasteiger partial charge in [-0.05, 0) is 18.6 Å². The molecule has 0 saturated heterocycles. The molecule has 0 N–H and O–H groups in total. The van der Waals surface area contributed by atoms with E-state index in [9.17, 15) is 9.59 Å². The van der Waals surface area contributed by atoms with Crippen LogP contribution in [0.1, 0.15) is 39.7 Å². The summed E-state index contributed by atoms with van der Waals surface area (Å²) in [5, 5.41) is 0. The van der Waals surface area contributed by atoms with Gasteiger partial charge in [-0.3, -0.25) is 14.6 Å². The number of amides is 1. The van der Waals surface area contributed by atoms with Gasteiger partial charge in [-0.25, -0.2) is 0 Å². The fourth-order valence-corrected chi connectivity index (χ4v) is 1.90. The Balaban J connectivity index is 2.75. The van der Waals surface area contributed by atoms with E-state index < -0.39 is 5.41 Å². The van der Waals surface area contributed by atoms with Crippen molar-refractivity contribution >= 4 is 11.9 Å². The highest BCUT2D eigenvalue weighted by Gasteiger charge is 2.27. The number of hydrogen-bond acceptors (Lipinski definition) is 4. The molecule has 0 radical (unpaired) electrons. The SMILES string of the molecule is CCOC(=O)CCN(Cc1cccnc1)C(=O)C(C)(C)C. The third-order valence-electron chi connectivity index (χ3n) is 2.92. The van der Waals surface area contributed by atoms with Crippen molar-refractivity contribution in [3.8, 4) is 0 Å². The van der Waals surface area contributed by atoms with E-state index in [-0.39, 0.29) is 18.3 Å². The molecule has 0 aliphatic heterocycles. The highest BCUT2D eigenvalue weighted by Crippen LogP contribution is 2.19. The van der Waals surface area contributed by atoms with Crippen LogP contribution in [0.15, 0.2) is 24.5 Å². The normalized spacial score (nSPS) is 11.0. The van der Waals surface area contributed by atoms with Gasteiger partial charge in [0.1, 0.15) is 0 Å². The van der Waals surface area contributed by atoms with Crippen molar-refractivity contribution in [3.63, 3.8) is 0 Å². The van der Waals surface area contributed by atoms with E-state index >= 15 is 0 Å². The number of nitrogens with zero attached hydrogens (tertiary/aromatic N) is 2. The molecule has 0 aliphatic carbocycles. The fourth-order valence-electron chi connectivity index (χ4n) is 1.90. The number of carbonyl (C=O) groups is 2. The Labute approximate surface area is 126 Å². The predicted octanol–water partition coefficient (Wildman–Crippen LogP) is 2.41. The molecular weight excluding hydrogens is 268 g/mol. The molecule has 1 aromatic heterocycles. The third kappa shape index (κ3) is 5.94. The molecule has 5 heteroatoms. The second kappa shape index (κ2) is 7.76. The summed E-state index contributed by atoms with van der Waals surface area (Å²) >= 11 is 0. The monoisotopic (exact) mass is 292 g/mol. The minimum atomic E-state index is -0.489. The first kappa shape index (κ1) is 17.1. The zero-order valence-corrected chi connectivity index (χ0v) is 13.3. The average Bonchev–Trinajstić information content (AvgIpc) is 2.43. The van der Waals surface area contributed by atoms with Gasteiger partial charge in [0, 0.05) is 30.9 Å². The summed E-state index contributed by atoms with van der Waals surface area (Å²) in [6, 6.07) is 3.75. The second-order valence-electron chi connectivity index (χ2n) is 5.89. The minimum absolute atomic E-state index is 0.00986. The van der Waals surface area contributed by atoms with Crippen LogP contribution in [0.3, 0.4) is 0 Å². The van der Waals surface area contributed by atoms with Crippen LogP contribution in [0.2, 0.25) is 0 Å². The number of pyridine rings is 1. The molecule has 0 aliphatic rings. The molecule has 0 unspecified atom stereocenters. The summed E-state index contributed by atoms with van der Waals surface area (Å²) in [6.07, 6.45) is 3.63. The Bertz CT molecular complexity index is 466. The number of hydrogen-bond donors (Lipinski definition) is 0. The van der Waals surface area contributed by atoms with Crippen molar-refractivity contribution < 1.29 is 14.3 Å². The smallest absolute Gasteiger partial charge is 0.307 e. The summed E-state index contributed by atoms with van der Waals surface area (Å²) in [7, 11) is 0. The van der Waals surface area contributed by atoms with Gasteiger partial charge < -0.3 is 9.64 Å². The maximum Gasteiger partial charge on any atom is 0.307 e. The van der Waals surface area contributed by atoms with E-state index in [1.807, 2.05) is 32.9 Å². The first-order valence-corrected chi connectivity index (χ1v) is 7.18. The van der Waals surface area contributed by atoms with Crippen molar-refractivity contribution in [2.45, 2.75) is 40.7 Å². The molecule has 21 heavy (non-hydrogen) atoms. The van der Waals surface area contributed by atoms with Crippen LogP contribution in [0, 0.1) is 5.41 Å². The Morgan fingerprint density at radius 2 is 2.05 bits per heavy atom. The summed E-state index contributed by atoms with van der Waals surface area (Å²) < 4.78 is 4.92. The minimum Gasteiger partial charge on any atom is -0.466 e. The van der Waals surface area contributed by atoms with Crippen LogP contribution in [0.4, 0.5) is 0 Å². The van der Waals surface area contributed by atoms with E-state index in [1.54, 1.807) is 24.2 Å². The van der Waals surface area contributed by atoms with Crippen LogP contribution in [0.25, 0.3) is 0 Å². The molecule has 116 valence electrons. The van der Waals surface area contributed by atoms with Crippen LogP contribution in [0.5, 0.6) is 0 Å². The molecule has 1 rings (SSSR count). The Hall–Kier alpha value is -1.91. The van der Waals surface area contributed by atoms with E-state index in [0.717, 1.165) is 5.56 Å². The fraction of sp³-hybridized carbons (Fsp3) is 0.562. The maximum absolute atomic E-state index is 12.5. The first-order valence-electron chi connectivity index (χ1n) is 7.18. The van der Waals surface area contributed by atoms with Gasteiger partial charge in [0.2, 0.25) is 5.91 Å². The molecule has 0 bridgehead atoms. The molecule has 0 aromatic carbocycles. The lowest BCUT2D eigenvalue weighted by Crippen LogP contribution is -2.40. The van der Waals surface area contributed by atoms with Crippen LogP contribution < -0.4 is 0 Å². The Morgan fingerprint density at radius 1 is 1.33 bits per heavy atom. The largest absolute Gasteiger partial charge is 0.466 e. The lowest BCUT2D eigenvalue weighted by atomic mass is 9.94. The molecule has 0 atom stereocenters. The number of rotatable bonds is 6. The van der Waals surface area contributed by atoms with Gasteiger partial charge >= 0.3 is 5.97 Å². The van der Waals surface area contributed by atoms with Crippen molar-refractivity contribution in [2.24, 2.45) is 5.41 Å². The zero-order valence-electron chi connectivity index (χ0n) is 13.3. The molecule has 0 fully saturated rings. The standard InChI is InChI=1S/C16H24N2O3/c1-5-21-14(19)8-10-18(15(20)16(2,3)4)12-13-7-6-9-17-11-13/h6-7,9,11H,5,8,10,12H2,1-4H3. The van der Waals surface area contributed by atoms with Gasteiger partial charge in [0.05, 0.1) is 13.0 Å². The highest BCUT2D eigenvalue weighted by molar-refractivity contribution is 5.82. The van der Waals surface area contributed by atoms with Crippen molar-refractivity contribution in [2.75, 3.05) is 13.2 Å². The van der Waals surface area contributed by atoms with Crippen molar-refractivity contribution in [1.82, 2.24) is 9.88 Å². The lowest BCUT2D eigenvalue weighted by Gasteiger charge is -2.29. The summed E-state index contributed by atoms with van der Waals surface area (Å²) in [5.74, 6) is -0.272. The lowest BCUT2D eigenvalue weighted by molar-refractivity contribution is -0.145. The maximum atomic E-state index is 12.5. The molecule has 1 aromatic rings. The molecule has 0 saturated carbocycles. The topological polar surface area (TPSA) is 59.5 Å². The molecular formula is C16H24N2O3. The summed E-state index contributed by atoms with van der Waals surface area (Å²) in [5.41, 5.74) is 0.454. The zero-order chi connectivity index (χ0) is 15.9. The molecule has 1 amide bonds. The molecule has 1 heterocycles. The number of esters is 1. The van der Waals surface area contributed by atoms with Crippen LogP contribution in [-0.2, 0) is 20.9 Å². The quantitative estimate of drug-likeness (QED) is 0.755. The Kier molecular flexibility index (Phi) is 6.34. The van der Waals surface area contributed by atoms with Gasteiger partial charge in [-0.15, -0.1) is 0 Å². The van der Waals surface area contributed by atoms with E-state index in [1.165, 1.54) is 0 Å². The number of carbonyl (C=O) groups excluding carboxylic acids is 2. The highest BCUT2D eigenvalue weighted by atomic mass is 16.5. The van der Waals surface area contributed by atoms with E-state index in [4.69, 9.17) is 4.74 Å². The van der Waals surface area contributed by atoms with E-state index in [2.05, 4.69) is 4.98 Å². The van der Waals surface area contributed by atoms with Crippen molar-refractivity contribution in [1.29, 1.82) is 0 Å². The van der Waals surface area contributed by atoms with Gasteiger partial charge in [0.15, 0.2) is 0 Å². The molecule has 0 spiro atoms. The Morgan fingerprint density at radius 3 is 2.57 bits per heavy atom. The summed E-state index contributed by atoms with van der Waals surface area (Å²) in [6.45, 7) is 8.54. The average molecular weight is 292 g/mol. The van der Waals surface area contributed by atoms with E-state index in [0.29, 0.717) is 19.7 Å².